The van der Waals surface area contributed by atoms with E-state index in [0.29, 0.717) is 11.0 Å². The number of nitrogens with zero attached hydrogens (tertiary/aromatic N) is 1. The SMILES string of the molecule is Cc1ccc(C)c(CN2CCCC2C(N)=S)c1. The molecule has 2 rings (SSSR count). The first kappa shape index (κ1) is 12.5. The molecule has 1 aliphatic rings. The second-order valence-electron chi connectivity index (χ2n) is 4.96. The van der Waals surface area contributed by atoms with Gasteiger partial charge in [-0.2, -0.15) is 0 Å². The average Bonchev–Trinajstić information content (AvgIpc) is 2.71. The van der Waals surface area contributed by atoms with E-state index in [4.69, 9.17) is 18.0 Å². The van der Waals surface area contributed by atoms with E-state index in [0.717, 1.165) is 19.5 Å². The molecule has 2 nitrogen and oxygen atoms in total. The van der Waals surface area contributed by atoms with Crippen LogP contribution in [0.3, 0.4) is 0 Å². The van der Waals surface area contributed by atoms with Gasteiger partial charge in [-0.1, -0.05) is 36.0 Å². The van der Waals surface area contributed by atoms with Crippen molar-refractivity contribution in [1.29, 1.82) is 0 Å². The predicted octanol–water partition coefficient (Wildman–Crippen LogP) is 2.55. The van der Waals surface area contributed by atoms with Crippen LogP contribution in [0.25, 0.3) is 0 Å². The fourth-order valence-electron chi connectivity index (χ4n) is 2.53. The first-order valence-corrected chi connectivity index (χ1v) is 6.58. The number of thiocarbonyl (C=S) groups is 1. The first-order chi connectivity index (χ1) is 8.08. The quantitative estimate of drug-likeness (QED) is 0.834. The first-order valence-electron chi connectivity index (χ1n) is 6.17. The lowest BCUT2D eigenvalue weighted by atomic mass is 10.0. The van der Waals surface area contributed by atoms with Gasteiger partial charge in [0.15, 0.2) is 0 Å². The number of rotatable bonds is 3. The molecule has 0 spiro atoms. The largest absolute Gasteiger partial charge is 0.392 e. The van der Waals surface area contributed by atoms with Gasteiger partial charge in [0, 0.05) is 6.54 Å². The van der Waals surface area contributed by atoms with E-state index in [1.807, 2.05) is 0 Å². The molecule has 1 saturated heterocycles. The van der Waals surface area contributed by atoms with Crippen molar-refractivity contribution in [2.75, 3.05) is 6.54 Å². The maximum absolute atomic E-state index is 5.80. The zero-order valence-electron chi connectivity index (χ0n) is 10.6. The highest BCUT2D eigenvalue weighted by Gasteiger charge is 2.26. The van der Waals surface area contributed by atoms with E-state index in [1.54, 1.807) is 0 Å². The van der Waals surface area contributed by atoms with Gasteiger partial charge < -0.3 is 5.73 Å². The molecule has 1 atom stereocenters. The molecule has 1 fully saturated rings. The minimum atomic E-state index is 0.296. The van der Waals surface area contributed by atoms with Crippen LogP contribution in [0.5, 0.6) is 0 Å². The lowest BCUT2D eigenvalue weighted by molar-refractivity contribution is 0.294. The Morgan fingerprint density at radius 1 is 1.47 bits per heavy atom. The molecular formula is C14H20N2S. The van der Waals surface area contributed by atoms with Gasteiger partial charge >= 0.3 is 0 Å². The van der Waals surface area contributed by atoms with Crippen LogP contribution in [0.2, 0.25) is 0 Å². The van der Waals surface area contributed by atoms with Gasteiger partial charge in [0.25, 0.3) is 0 Å². The smallest absolute Gasteiger partial charge is 0.0902 e. The van der Waals surface area contributed by atoms with E-state index >= 15 is 0 Å². The highest BCUT2D eigenvalue weighted by Crippen LogP contribution is 2.22. The number of hydrogen-bond acceptors (Lipinski definition) is 2. The summed E-state index contributed by atoms with van der Waals surface area (Å²) in [5, 5.41) is 0. The van der Waals surface area contributed by atoms with Crippen molar-refractivity contribution < 1.29 is 0 Å². The Kier molecular flexibility index (Phi) is 3.79. The molecule has 0 aromatic heterocycles. The fourth-order valence-corrected chi connectivity index (χ4v) is 2.79. The van der Waals surface area contributed by atoms with Gasteiger partial charge in [-0.25, -0.2) is 0 Å². The van der Waals surface area contributed by atoms with Crippen molar-refractivity contribution in [3.63, 3.8) is 0 Å². The Labute approximate surface area is 109 Å². The van der Waals surface area contributed by atoms with Crippen LogP contribution in [-0.2, 0) is 6.54 Å². The molecule has 1 aromatic rings. The monoisotopic (exact) mass is 248 g/mol. The van der Waals surface area contributed by atoms with E-state index in [2.05, 4.69) is 36.9 Å². The zero-order valence-corrected chi connectivity index (χ0v) is 11.4. The van der Waals surface area contributed by atoms with Crippen LogP contribution in [0.15, 0.2) is 18.2 Å². The van der Waals surface area contributed by atoms with Gasteiger partial charge in [-0.15, -0.1) is 0 Å². The summed E-state index contributed by atoms with van der Waals surface area (Å²) in [5.41, 5.74) is 9.86. The summed E-state index contributed by atoms with van der Waals surface area (Å²) in [5.74, 6) is 0. The molecule has 1 aliphatic heterocycles. The van der Waals surface area contributed by atoms with Crippen LogP contribution in [-0.4, -0.2) is 22.5 Å². The third-order valence-electron chi connectivity index (χ3n) is 3.57. The minimum Gasteiger partial charge on any atom is -0.392 e. The summed E-state index contributed by atoms with van der Waals surface area (Å²) in [6.07, 6.45) is 2.31. The third kappa shape index (κ3) is 2.85. The molecule has 17 heavy (non-hydrogen) atoms. The molecule has 0 amide bonds. The summed E-state index contributed by atoms with van der Waals surface area (Å²) in [6, 6.07) is 6.92. The Hall–Kier alpha value is -0.930. The summed E-state index contributed by atoms with van der Waals surface area (Å²) in [4.78, 5) is 3.05. The van der Waals surface area contributed by atoms with E-state index in [1.165, 1.54) is 23.1 Å². The Morgan fingerprint density at radius 2 is 2.24 bits per heavy atom. The van der Waals surface area contributed by atoms with Crippen LogP contribution in [0.4, 0.5) is 0 Å². The number of hydrogen-bond donors (Lipinski definition) is 1. The van der Waals surface area contributed by atoms with Crippen LogP contribution < -0.4 is 5.73 Å². The Balaban J connectivity index is 2.15. The lowest BCUT2D eigenvalue weighted by Crippen LogP contribution is -2.38. The molecule has 0 bridgehead atoms. The molecule has 2 N–H and O–H groups in total. The van der Waals surface area contributed by atoms with Crippen molar-refractivity contribution in [1.82, 2.24) is 4.90 Å². The summed E-state index contributed by atoms with van der Waals surface area (Å²) in [7, 11) is 0. The van der Waals surface area contributed by atoms with Crippen molar-refractivity contribution in [2.45, 2.75) is 39.3 Å². The average molecular weight is 248 g/mol. The molecule has 0 radical (unpaired) electrons. The normalized spacial score (nSPS) is 20.7. The van der Waals surface area contributed by atoms with E-state index in [-0.39, 0.29) is 0 Å². The standard InChI is InChI=1S/C14H20N2S/c1-10-5-6-11(2)12(8-10)9-16-7-3-4-13(16)14(15)17/h5-6,8,13H,3-4,7,9H2,1-2H3,(H2,15,17). The maximum Gasteiger partial charge on any atom is 0.0902 e. The molecule has 3 heteroatoms. The van der Waals surface area contributed by atoms with Crippen molar-refractivity contribution in [3.8, 4) is 0 Å². The van der Waals surface area contributed by atoms with Gasteiger partial charge in [0.1, 0.15) is 0 Å². The summed E-state index contributed by atoms with van der Waals surface area (Å²) in [6.45, 7) is 6.38. The van der Waals surface area contributed by atoms with Gasteiger partial charge in [0.2, 0.25) is 0 Å². The molecule has 92 valence electrons. The molecule has 1 unspecified atom stereocenters. The third-order valence-corrected chi connectivity index (χ3v) is 3.84. The van der Waals surface area contributed by atoms with Crippen LogP contribution >= 0.6 is 12.2 Å². The van der Waals surface area contributed by atoms with Gasteiger partial charge in [-0.3, -0.25) is 4.90 Å². The molecular weight excluding hydrogens is 228 g/mol. The van der Waals surface area contributed by atoms with Crippen molar-refractivity contribution in [3.05, 3.63) is 34.9 Å². The molecule has 0 saturated carbocycles. The maximum atomic E-state index is 5.80. The van der Waals surface area contributed by atoms with Gasteiger partial charge in [-0.05, 0) is 44.4 Å². The molecule has 1 aromatic carbocycles. The number of aryl methyl sites for hydroxylation is 2. The highest BCUT2D eigenvalue weighted by atomic mass is 32.1. The Bertz CT molecular complexity index is 428. The minimum absolute atomic E-state index is 0.296. The fraction of sp³-hybridized carbons (Fsp3) is 0.500. The molecule has 0 aliphatic carbocycles. The van der Waals surface area contributed by atoms with Crippen molar-refractivity contribution in [2.24, 2.45) is 5.73 Å². The Morgan fingerprint density at radius 3 is 2.94 bits per heavy atom. The van der Waals surface area contributed by atoms with Crippen LogP contribution in [0.1, 0.15) is 29.5 Å². The predicted molar refractivity (Wildman–Crippen MR) is 76.1 cm³/mol. The summed E-state index contributed by atoms with van der Waals surface area (Å²) < 4.78 is 0. The van der Waals surface area contributed by atoms with Gasteiger partial charge in [0.05, 0.1) is 11.0 Å². The molecule has 1 heterocycles. The second-order valence-corrected chi connectivity index (χ2v) is 5.43. The van der Waals surface area contributed by atoms with E-state index in [9.17, 15) is 0 Å². The number of benzene rings is 1. The second kappa shape index (κ2) is 5.15. The topological polar surface area (TPSA) is 29.3 Å². The zero-order chi connectivity index (χ0) is 12.4. The number of nitrogens with two attached hydrogens (primary N) is 1. The summed E-state index contributed by atoms with van der Waals surface area (Å²) >= 11 is 5.14. The highest BCUT2D eigenvalue weighted by molar-refractivity contribution is 7.80. The van der Waals surface area contributed by atoms with Crippen LogP contribution in [0, 0.1) is 13.8 Å². The van der Waals surface area contributed by atoms with Crippen molar-refractivity contribution >= 4 is 17.2 Å². The lowest BCUT2D eigenvalue weighted by Gasteiger charge is -2.24. The van der Waals surface area contributed by atoms with E-state index < -0.39 is 0 Å². The number of likely N-dealkylation sites (tertiary alicyclic amines) is 1.